The van der Waals surface area contributed by atoms with E-state index in [1.807, 2.05) is 0 Å². The first-order valence-electron chi connectivity index (χ1n) is 8.52. The van der Waals surface area contributed by atoms with Gasteiger partial charge in [0.15, 0.2) is 0 Å². The van der Waals surface area contributed by atoms with Gasteiger partial charge in [0.2, 0.25) is 11.7 Å². The summed E-state index contributed by atoms with van der Waals surface area (Å²) in [7, 11) is 1.64. The highest BCUT2D eigenvalue weighted by Gasteiger charge is 2.50. The molecular formula is C17H24F2N4O2. The van der Waals surface area contributed by atoms with Crippen molar-refractivity contribution in [1.29, 1.82) is 0 Å². The normalized spacial score (nSPS) is 15.5. The topological polar surface area (TPSA) is 75.2 Å². The van der Waals surface area contributed by atoms with Gasteiger partial charge in [0.1, 0.15) is 0 Å². The van der Waals surface area contributed by atoms with E-state index in [0.717, 1.165) is 44.5 Å². The van der Waals surface area contributed by atoms with Crippen LogP contribution < -0.4 is 5.32 Å². The van der Waals surface area contributed by atoms with Gasteiger partial charge in [0, 0.05) is 37.9 Å². The fraction of sp³-hybridized carbons (Fsp3) is 0.647. The van der Waals surface area contributed by atoms with Crippen molar-refractivity contribution in [3.05, 3.63) is 24.3 Å². The van der Waals surface area contributed by atoms with Crippen molar-refractivity contribution in [1.82, 2.24) is 20.2 Å². The van der Waals surface area contributed by atoms with Crippen LogP contribution in [-0.4, -0.2) is 46.8 Å². The molecule has 1 aromatic heterocycles. The molecule has 25 heavy (non-hydrogen) atoms. The molecule has 0 radical (unpaired) electrons. The average molecular weight is 354 g/mol. The highest BCUT2D eigenvalue weighted by Crippen LogP contribution is 2.51. The van der Waals surface area contributed by atoms with Gasteiger partial charge in [-0.1, -0.05) is 19.8 Å². The Kier molecular flexibility index (Phi) is 6.02. The molecule has 1 saturated carbocycles. The van der Waals surface area contributed by atoms with Crippen LogP contribution in [0.25, 0.3) is 0 Å². The van der Waals surface area contributed by atoms with Crippen molar-refractivity contribution >= 4 is 11.8 Å². The Labute approximate surface area is 146 Å². The first-order valence-corrected chi connectivity index (χ1v) is 8.52. The van der Waals surface area contributed by atoms with Crippen molar-refractivity contribution in [2.45, 2.75) is 45.0 Å². The molecule has 0 bridgehead atoms. The number of carbonyl (C=O) groups excluding carboxylic acids is 2. The van der Waals surface area contributed by atoms with Crippen molar-refractivity contribution in [2.24, 2.45) is 5.41 Å². The Bertz CT molecular complexity index is 606. The number of unbranched alkanes of at least 4 members (excludes halogenated alkanes) is 1. The summed E-state index contributed by atoms with van der Waals surface area (Å²) in [6.45, 7) is 2.22. The first-order chi connectivity index (χ1) is 11.8. The fourth-order valence-electron chi connectivity index (χ4n) is 2.75. The molecule has 0 atom stereocenters. The lowest BCUT2D eigenvalue weighted by Gasteiger charge is -2.24. The highest BCUT2D eigenvalue weighted by molar-refractivity contribution is 5.85. The molecule has 0 unspecified atom stereocenters. The smallest absolute Gasteiger partial charge is 0.349 e. The summed E-state index contributed by atoms with van der Waals surface area (Å²) >= 11 is 0. The molecule has 1 aromatic rings. The number of nitrogens with one attached hydrogen (secondary N) is 1. The van der Waals surface area contributed by atoms with Crippen molar-refractivity contribution in [3.8, 4) is 0 Å². The zero-order valence-corrected chi connectivity index (χ0v) is 14.6. The molecular weight excluding hydrogens is 330 g/mol. The first kappa shape index (κ1) is 19.2. The maximum atomic E-state index is 14.0. The molecule has 1 aliphatic rings. The Morgan fingerprint density at radius 1 is 1.32 bits per heavy atom. The van der Waals surface area contributed by atoms with Crippen molar-refractivity contribution in [2.75, 3.05) is 20.1 Å². The van der Waals surface area contributed by atoms with Gasteiger partial charge in [-0.2, -0.15) is 8.78 Å². The number of carbonyl (C=O) groups is 2. The van der Waals surface area contributed by atoms with Crippen LogP contribution in [0.4, 0.5) is 8.78 Å². The van der Waals surface area contributed by atoms with Crippen LogP contribution in [0.1, 0.15) is 44.9 Å². The zero-order chi connectivity index (χ0) is 18.5. The number of rotatable bonds is 9. The molecule has 1 N–H and O–H groups in total. The third kappa shape index (κ3) is 4.49. The summed E-state index contributed by atoms with van der Waals surface area (Å²) in [5, 5.41) is 2.16. The van der Waals surface area contributed by atoms with Crippen LogP contribution in [0.15, 0.2) is 18.5 Å². The minimum atomic E-state index is -3.80. The Morgan fingerprint density at radius 3 is 2.52 bits per heavy atom. The molecule has 138 valence electrons. The third-order valence-electron chi connectivity index (χ3n) is 4.53. The molecule has 2 rings (SSSR count). The molecule has 0 saturated heterocycles. The number of nitrogens with zero attached hydrogens (tertiary/aromatic N) is 3. The molecule has 0 spiro atoms. The standard InChI is InChI=1S/C17H24F2N4O2/c1-3-4-6-16(7-8-16)15(25)23(2)12-11-22-14(24)17(18,19)13-20-9-5-10-21-13/h5,9-10H,3-4,6-8,11-12H2,1-2H3,(H,22,24). The Balaban J connectivity index is 1.82. The molecule has 0 aliphatic heterocycles. The summed E-state index contributed by atoms with van der Waals surface area (Å²) in [5.41, 5.74) is -0.267. The predicted octanol–water partition coefficient (Wildman–Crippen LogP) is 2.11. The van der Waals surface area contributed by atoms with Gasteiger partial charge in [0.25, 0.3) is 5.91 Å². The van der Waals surface area contributed by atoms with Crippen LogP contribution in [0.3, 0.4) is 0 Å². The highest BCUT2D eigenvalue weighted by atomic mass is 19.3. The largest absolute Gasteiger partial charge is 0.382 e. The molecule has 6 nitrogen and oxygen atoms in total. The molecule has 1 heterocycles. The van der Waals surface area contributed by atoms with Crippen LogP contribution in [-0.2, 0) is 15.5 Å². The van der Waals surface area contributed by atoms with Gasteiger partial charge in [-0.05, 0) is 25.3 Å². The summed E-state index contributed by atoms with van der Waals surface area (Å²) in [4.78, 5) is 32.6. The number of aromatic nitrogens is 2. The summed E-state index contributed by atoms with van der Waals surface area (Å²) < 4.78 is 27.9. The number of hydrogen-bond donors (Lipinski definition) is 1. The third-order valence-corrected chi connectivity index (χ3v) is 4.53. The number of likely N-dealkylation sites (N-methyl/N-ethyl adjacent to an activating group) is 1. The number of halogens is 2. The van der Waals surface area contributed by atoms with E-state index in [1.165, 1.54) is 11.0 Å². The van der Waals surface area contributed by atoms with E-state index < -0.39 is 17.7 Å². The van der Waals surface area contributed by atoms with E-state index in [1.54, 1.807) is 7.05 Å². The SMILES string of the molecule is CCCCC1(C(=O)N(C)CCNC(=O)C(F)(F)c2ncccn2)CC1. The Morgan fingerprint density at radius 2 is 1.96 bits per heavy atom. The van der Waals surface area contributed by atoms with Gasteiger partial charge in [-0.3, -0.25) is 9.59 Å². The second kappa shape index (κ2) is 7.84. The second-order valence-electron chi connectivity index (χ2n) is 6.51. The molecule has 1 fully saturated rings. The van der Waals surface area contributed by atoms with Gasteiger partial charge in [0.05, 0.1) is 0 Å². The minimum Gasteiger partial charge on any atom is -0.349 e. The number of hydrogen-bond acceptors (Lipinski definition) is 4. The fourth-order valence-corrected chi connectivity index (χ4v) is 2.75. The van der Waals surface area contributed by atoms with E-state index in [9.17, 15) is 18.4 Å². The Hall–Kier alpha value is -2.12. The molecule has 1 aliphatic carbocycles. The predicted molar refractivity (Wildman–Crippen MR) is 87.8 cm³/mol. The van der Waals surface area contributed by atoms with Gasteiger partial charge < -0.3 is 10.2 Å². The number of alkyl halides is 2. The molecule has 8 heteroatoms. The lowest BCUT2D eigenvalue weighted by Crippen LogP contribution is -2.44. The summed E-state index contributed by atoms with van der Waals surface area (Å²) in [6.07, 6.45) is 6.97. The van der Waals surface area contributed by atoms with E-state index in [0.29, 0.717) is 0 Å². The molecule has 2 amide bonds. The van der Waals surface area contributed by atoms with Gasteiger partial charge in [-0.25, -0.2) is 9.97 Å². The van der Waals surface area contributed by atoms with Crippen LogP contribution in [0.2, 0.25) is 0 Å². The maximum absolute atomic E-state index is 14.0. The summed E-state index contributed by atoms with van der Waals surface area (Å²) in [5.74, 6) is -6.07. The quantitative estimate of drug-likeness (QED) is 0.737. The van der Waals surface area contributed by atoms with E-state index >= 15 is 0 Å². The minimum absolute atomic E-state index is 0.0355. The van der Waals surface area contributed by atoms with Gasteiger partial charge >= 0.3 is 5.92 Å². The number of amides is 2. The van der Waals surface area contributed by atoms with Crippen LogP contribution in [0.5, 0.6) is 0 Å². The van der Waals surface area contributed by atoms with E-state index in [2.05, 4.69) is 22.2 Å². The zero-order valence-electron chi connectivity index (χ0n) is 14.6. The maximum Gasteiger partial charge on any atom is 0.382 e. The van der Waals surface area contributed by atoms with Crippen LogP contribution >= 0.6 is 0 Å². The second-order valence-corrected chi connectivity index (χ2v) is 6.51. The van der Waals surface area contributed by atoms with Crippen molar-refractivity contribution < 1.29 is 18.4 Å². The lowest BCUT2D eigenvalue weighted by atomic mass is 9.97. The summed E-state index contributed by atoms with van der Waals surface area (Å²) in [6, 6.07) is 1.39. The van der Waals surface area contributed by atoms with Gasteiger partial charge in [-0.15, -0.1) is 0 Å². The van der Waals surface area contributed by atoms with Crippen molar-refractivity contribution in [3.63, 3.8) is 0 Å². The monoisotopic (exact) mass is 354 g/mol. The van der Waals surface area contributed by atoms with Crippen LogP contribution in [0, 0.1) is 5.41 Å². The molecule has 0 aromatic carbocycles. The van der Waals surface area contributed by atoms with E-state index in [4.69, 9.17) is 0 Å². The lowest BCUT2D eigenvalue weighted by molar-refractivity contribution is -0.148. The average Bonchev–Trinajstić information content (AvgIpc) is 3.40. The van der Waals surface area contributed by atoms with E-state index in [-0.39, 0.29) is 24.4 Å².